The average Bonchev–Trinajstić information content (AvgIpc) is 3.80. The molecule has 6 nitrogen and oxygen atoms in total. The quantitative estimate of drug-likeness (QED) is 0.467. The second-order valence-electron chi connectivity index (χ2n) is 12.8. The fourth-order valence-corrected chi connectivity index (χ4v) is 10.5. The van der Waals surface area contributed by atoms with Crippen LogP contribution >= 0.6 is 0 Å². The number of carbonyl (C=O) groups is 2. The SMILES string of the molecule is CC1(C)C2CC[C@]13CS(=O)(=O)N(C(=O)[C@@H]1C[C@H]1c1ccc(F)c(F)c1)[C@@H]3C2.O=C(O)[C@@H]1C[C@H]1c1ccc(F)c(F)c1. The van der Waals surface area contributed by atoms with Crippen molar-refractivity contribution >= 4 is 21.9 Å². The van der Waals surface area contributed by atoms with Crippen LogP contribution in [-0.4, -0.2) is 41.5 Å². The molecule has 1 spiro atoms. The smallest absolute Gasteiger partial charge is 0.307 e. The number of carboxylic acid groups (broad SMARTS) is 1. The van der Waals surface area contributed by atoms with Crippen molar-refractivity contribution in [1.29, 1.82) is 0 Å². The molecular weight excluding hydrogens is 562 g/mol. The van der Waals surface area contributed by atoms with E-state index in [4.69, 9.17) is 5.11 Å². The van der Waals surface area contributed by atoms with Crippen LogP contribution in [0.3, 0.4) is 0 Å². The van der Waals surface area contributed by atoms with Crippen molar-refractivity contribution in [1.82, 2.24) is 4.31 Å². The number of carboxylic acids is 1. The molecule has 4 saturated carbocycles. The van der Waals surface area contributed by atoms with E-state index < -0.39 is 51.1 Å². The maximum absolute atomic E-state index is 13.5. The number of hydrogen-bond donors (Lipinski definition) is 1. The Kier molecular flexibility index (Phi) is 6.38. The molecule has 1 aliphatic heterocycles. The van der Waals surface area contributed by atoms with Crippen LogP contribution in [0.1, 0.15) is 68.9 Å². The minimum absolute atomic E-state index is 0.0580. The molecule has 41 heavy (non-hydrogen) atoms. The Morgan fingerprint density at radius 2 is 1.39 bits per heavy atom. The van der Waals surface area contributed by atoms with E-state index in [0.717, 1.165) is 43.5 Å². The first kappa shape index (κ1) is 28.2. The maximum Gasteiger partial charge on any atom is 0.307 e. The third-order valence-corrected chi connectivity index (χ3v) is 12.5. The Bertz CT molecular complexity index is 1560. The number of rotatable bonds is 4. The van der Waals surface area contributed by atoms with Crippen molar-refractivity contribution in [3.8, 4) is 0 Å². The molecular formula is C30H31F4NO5S. The molecule has 2 bridgehead atoms. The van der Waals surface area contributed by atoms with Crippen molar-refractivity contribution in [3.05, 3.63) is 70.8 Å². The number of carbonyl (C=O) groups excluding carboxylic acids is 1. The summed E-state index contributed by atoms with van der Waals surface area (Å²) in [7, 11) is -3.64. The van der Waals surface area contributed by atoms with Gasteiger partial charge in [0.25, 0.3) is 0 Å². The molecule has 7 atom stereocenters. The Morgan fingerprint density at radius 3 is 1.88 bits per heavy atom. The van der Waals surface area contributed by atoms with Crippen LogP contribution < -0.4 is 0 Å². The lowest BCUT2D eigenvalue weighted by Crippen LogP contribution is -2.44. The molecule has 1 unspecified atom stereocenters. The summed E-state index contributed by atoms with van der Waals surface area (Å²) >= 11 is 0. The van der Waals surface area contributed by atoms with Crippen LogP contribution in [0.15, 0.2) is 36.4 Å². The van der Waals surface area contributed by atoms with E-state index in [1.165, 1.54) is 16.4 Å². The highest BCUT2D eigenvalue weighted by atomic mass is 32.2. The Hall–Kier alpha value is -2.95. The van der Waals surface area contributed by atoms with Crippen molar-refractivity contribution in [2.24, 2.45) is 28.6 Å². The second kappa shape index (κ2) is 9.28. The number of aliphatic carboxylic acids is 1. The molecule has 2 aromatic rings. The molecule has 2 aromatic carbocycles. The van der Waals surface area contributed by atoms with Gasteiger partial charge in [-0.2, -0.15) is 0 Å². The van der Waals surface area contributed by atoms with E-state index >= 15 is 0 Å². The molecule has 1 heterocycles. The summed E-state index contributed by atoms with van der Waals surface area (Å²) in [6.45, 7) is 4.30. The minimum atomic E-state index is -3.64. The van der Waals surface area contributed by atoms with Crippen LogP contribution in [0.4, 0.5) is 17.6 Å². The summed E-state index contributed by atoms with van der Waals surface area (Å²) in [6.07, 6.45) is 3.64. The summed E-state index contributed by atoms with van der Waals surface area (Å²) < 4.78 is 79.1. The van der Waals surface area contributed by atoms with Gasteiger partial charge in [0.05, 0.1) is 17.7 Å². The van der Waals surface area contributed by atoms with Crippen LogP contribution in [0.25, 0.3) is 0 Å². The number of halogens is 4. The lowest BCUT2D eigenvalue weighted by atomic mass is 9.69. The molecule has 1 amide bonds. The van der Waals surface area contributed by atoms with Gasteiger partial charge < -0.3 is 5.11 Å². The Morgan fingerprint density at radius 1 is 0.854 bits per heavy atom. The molecule has 1 N–H and O–H groups in total. The predicted octanol–water partition coefficient (Wildman–Crippen LogP) is 5.59. The molecule has 1 saturated heterocycles. The van der Waals surface area contributed by atoms with E-state index in [9.17, 15) is 35.6 Å². The van der Waals surface area contributed by atoms with Crippen molar-refractivity contribution in [2.45, 2.75) is 63.8 Å². The van der Waals surface area contributed by atoms with E-state index in [1.807, 2.05) is 0 Å². The number of nitrogens with zero attached hydrogens (tertiary/aromatic N) is 1. The maximum atomic E-state index is 13.5. The number of benzene rings is 2. The number of sulfonamides is 1. The molecule has 11 heteroatoms. The monoisotopic (exact) mass is 593 g/mol. The fraction of sp³-hybridized carbons (Fsp3) is 0.533. The molecule has 4 aliphatic carbocycles. The van der Waals surface area contributed by atoms with Gasteiger partial charge >= 0.3 is 5.97 Å². The number of hydrogen-bond acceptors (Lipinski definition) is 4. The Labute approximate surface area is 235 Å². The van der Waals surface area contributed by atoms with Gasteiger partial charge in [-0.15, -0.1) is 0 Å². The second-order valence-corrected chi connectivity index (χ2v) is 14.7. The lowest BCUT2D eigenvalue weighted by Gasteiger charge is -2.37. The summed E-state index contributed by atoms with van der Waals surface area (Å²) in [5, 5.41) is 8.64. The topological polar surface area (TPSA) is 91.8 Å². The van der Waals surface area contributed by atoms with Crippen LogP contribution in [0.5, 0.6) is 0 Å². The summed E-state index contributed by atoms with van der Waals surface area (Å²) in [6, 6.07) is 6.96. The van der Waals surface area contributed by atoms with E-state index in [2.05, 4.69) is 13.8 Å². The third-order valence-electron chi connectivity index (χ3n) is 10.6. The van der Waals surface area contributed by atoms with Gasteiger partial charge in [-0.05, 0) is 90.7 Å². The van der Waals surface area contributed by atoms with Crippen molar-refractivity contribution in [3.63, 3.8) is 0 Å². The van der Waals surface area contributed by atoms with E-state index in [-0.39, 0.29) is 40.4 Å². The van der Waals surface area contributed by atoms with Crippen molar-refractivity contribution < 1.29 is 40.7 Å². The normalized spacial score (nSPS) is 34.9. The lowest BCUT2D eigenvalue weighted by molar-refractivity contribution is -0.138. The number of amides is 1. The summed E-state index contributed by atoms with van der Waals surface area (Å²) in [5.74, 6) is -5.66. The van der Waals surface area contributed by atoms with Crippen LogP contribution in [-0.2, 0) is 19.6 Å². The zero-order valence-electron chi connectivity index (χ0n) is 22.6. The van der Waals surface area contributed by atoms with Crippen LogP contribution in [0.2, 0.25) is 0 Å². The first-order valence-electron chi connectivity index (χ1n) is 13.9. The molecule has 5 aliphatic rings. The van der Waals surface area contributed by atoms with E-state index in [0.29, 0.717) is 29.9 Å². The van der Waals surface area contributed by atoms with Gasteiger partial charge in [-0.1, -0.05) is 26.0 Å². The fourth-order valence-electron chi connectivity index (χ4n) is 7.90. The Balaban J connectivity index is 0.000000182. The highest BCUT2D eigenvalue weighted by Crippen LogP contribution is 2.70. The molecule has 5 fully saturated rings. The average molecular weight is 594 g/mol. The highest BCUT2D eigenvalue weighted by molar-refractivity contribution is 7.90. The van der Waals surface area contributed by atoms with E-state index in [1.54, 1.807) is 0 Å². The number of fused-ring (bicyclic) bond motifs is 1. The van der Waals surface area contributed by atoms with Gasteiger partial charge in [-0.3, -0.25) is 9.59 Å². The minimum Gasteiger partial charge on any atom is -0.481 e. The third kappa shape index (κ3) is 4.37. The predicted molar refractivity (Wildman–Crippen MR) is 140 cm³/mol. The van der Waals surface area contributed by atoms with Crippen LogP contribution in [0, 0.1) is 51.9 Å². The van der Waals surface area contributed by atoms with Crippen molar-refractivity contribution in [2.75, 3.05) is 5.75 Å². The standard InChI is InChI=1S/C20H23F2NO3S.C10H8F2O2/c1-19(2)12-5-6-20(19)10-27(25,26)23(17(20)8-12)18(24)14-9-13(14)11-3-4-15(21)16(22)7-11;11-8-2-1-5(3-9(8)12)6-4-7(6)10(13)14/h3-4,7,12-14,17H,5-6,8-10H2,1-2H3;1-3,6-7H,4H2,(H,13,14)/t12?,13-,14+,17+,20+;6-,7+/m00/s1. The zero-order valence-corrected chi connectivity index (χ0v) is 23.4. The largest absolute Gasteiger partial charge is 0.481 e. The molecule has 220 valence electrons. The van der Waals surface area contributed by atoms with Gasteiger partial charge in [-0.25, -0.2) is 30.3 Å². The zero-order chi connectivity index (χ0) is 29.6. The van der Waals surface area contributed by atoms with Gasteiger partial charge in [0, 0.05) is 11.3 Å². The first-order valence-corrected chi connectivity index (χ1v) is 15.5. The highest BCUT2D eigenvalue weighted by Gasteiger charge is 2.73. The van der Waals surface area contributed by atoms with Gasteiger partial charge in [0.1, 0.15) is 0 Å². The first-order chi connectivity index (χ1) is 19.2. The van der Waals surface area contributed by atoms with Gasteiger partial charge in [0.15, 0.2) is 23.3 Å². The van der Waals surface area contributed by atoms with Gasteiger partial charge in [0.2, 0.25) is 15.9 Å². The summed E-state index contributed by atoms with van der Waals surface area (Å²) in [5.41, 5.74) is 0.713. The summed E-state index contributed by atoms with van der Waals surface area (Å²) in [4.78, 5) is 23.7. The molecule has 0 radical (unpaired) electrons. The molecule has 7 rings (SSSR count). The molecule has 0 aromatic heterocycles.